The highest BCUT2D eigenvalue weighted by molar-refractivity contribution is 14.1. The van der Waals surface area contributed by atoms with Gasteiger partial charge in [-0.2, -0.15) is 0 Å². The van der Waals surface area contributed by atoms with Gasteiger partial charge in [-0.1, -0.05) is 55.1 Å². The van der Waals surface area contributed by atoms with Gasteiger partial charge in [-0.15, -0.1) is 0 Å². The number of allylic oxidation sites excluding steroid dienone is 2. The lowest BCUT2D eigenvalue weighted by molar-refractivity contribution is 1.65. The third-order valence-electron chi connectivity index (χ3n) is 2.32. The molecule has 0 N–H and O–H groups in total. The van der Waals surface area contributed by atoms with E-state index < -0.39 is 0 Å². The van der Waals surface area contributed by atoms with Gasteiger partial charge in [-0.05, 0) is 45.0 Å². The Morgan fingerprint density at radius 1 is 1.07 bits per heavy atom. The fourth-order valence-electron chi connectivity index (χ4n) is 1.60. The molecule has 0 bridgehead atoms. The first kappa shape index (κ1) is 10.4. The lowest BCUT2D eigenvalue weighted by atomic mass is 10.0. The average Bonchev–Trinajstić information content (AvgIpc) is 2.28. The van der Waals surface area contributed by atoms with Crippen molar-refractivity contribution < 1.29 is 0 Å². The lowest BCUT2D eigenvalue weighted by Crippen LogP contribution is -1.82. The van der Waals surface area contributed by atoms with Crippen LogP contribution < -0.4 is 0 Å². The second-order valence-corrected chi connectivity index (χ2v) is 4.44. The van der Waals surface area contributed by atoms with Crippen molar-refractivity contribution in [2.24, 2.45) is 0 Å². The highest BCUT2D eigenvalue weighted by Gasteiger charge is 2.01. The highest BCUT2D eigenvalue weighted by Crippen LogP contribution is 2.24. The normalized spacial score (nSPS) is 11.0. The van der Waals surface area contributed by atoms with Crippen LogP contribution in [0.4, 0.5) is 0 Å². The first-order valence-corrected chi connectivity index (χ1v) is 5.87. The predicted octanol–water partition coefficient (Wildman–Crippen LogP) is 4.64. The quantitative estimate of drug-likeness (QED) is 0.560. The van der Waals surface area contributed by atoms with Crippen molar-refractivity contribution in [3.8, 4) is 0 Å². The molecule has 2 aromatic rings. The van der Waals surface area contributed by atoms with Crippen LogP contribution in [0.15, 0.2) is 55.1 Å². The number of hydrogen-bond donors (Lipinski definition) is 0. The summed E-state index contributed by atoms with van der Waals surface area (Å²) >= 11 is 2.36. The van der Waals surface area contributed by atoms with Crippen molar-refractivity contribution >= 4 is 39.4 Å². The van der Waals surface area contributed by atoms with Crippen LogP contribution in [-0.4, -0.2) is 0 Å². The number of fused-ring (bicyclic) bond motifs is 1. The molecule has 74 valence electrons. The van der Waals surface area contributed by atoms with Gasteiger partial charge < -0.3 is 0 Å². The Kier molecular flexibility index (Phi) is 3.21. The Morgan fingerprint density at radius 2 is 1.87 bits per heavy atom. The zero-order valence-electron chi connectivity index (χ0n) is 8.28. The molecule has 0 nitrogen and oxygen atoms in total. The summed E-state index contributed by atoms with van der Waals surface area (Å²) in [7, 11) is 0. The SMILES string of the molecule is C=C/C=C\c1c(I)ccc2ccccc12. The van der Waals surface area contributed by atoms with Gasteiger partial charge in [0.15, 0.2) is 0 Å². The molecule has 0 unspecified atom stereocenters. The first-order valence-electron chi connectivity index (χ1n) is 4.79. The fraction of sp³-hybridized carbons (Fsp3) is 0. The van der Waals surface area contributed by atoms with Crippen molar-refractivity contribution in [1.29, 1.82) is 0 Å². The minimum atomic E-state index is 1.27. The zero-order chi connectivity index (χ0) is 10.7. The van der Waals surface area contributed by atoms with Crippen molar-refractivity contribution in [2.45, 2.75) is 0 Å². The minimum Gasteiger partial charge on any atom is -0.0991 e. The van der Waals surface area contributed by atoms with Crippen molar-refractivity contribution in [3.63, 3.8) is 0 Å². The summed E-state index contributed by atoms with van der Waals surface area (Å²) in [4.78, 5) is 0. The molecule has 0 fully saturated rings. The zero-order valence-corrected chi connectivity index (χ0v) is 10.4. The van der Waals surface area contributed by atoms with Gasteiger partial charge in [0, 0.05) is 3.57 Å². The van der Waals surface area contributed by atoms with Crippen LogP contribution in [0.25, 0.3) is 16.8 Å². The van der Waals surface area contributed by atoms with E-state index in [0.29, 0.717) is 0 Å². The van der Waals surface area contributed by atoms with E-state index >= 15 is 0 Å². The summed E-state index contributed by atoms with van der Waals surface area (Å²) in [5.74, 6) is 0. The maximum absolute atomic E-state index is 3.70. The molecule has 2 rings (SSSR count). The van der Waals surface area contributed by atoms with Crippen molar-refractivity contribution in [3.05, 3.63) is 64.3 Å². The third-order valence-corrected chi connectivity index (χ3v) is 3.26. The maximum Gasteiger partial charge on any atom is 0.0209 e. The first-order chi connectivity index (χ1) is 7.33. The number of halogens is 1. The van der Waals surface area contributed by atoms with E-state index in [1.807, 2.05) is 6.08 Å². The van der Waals surface area contributed by atoms with Crippen molar-refractivity contribution in [1.82, 2.24) is 0 Å². The topological polar surface area (TPSA) is 0 Å². The second-order valence-electron chi connectivity index (χ2n) is 3.28. The molecule has 2 aromatic carbocycles. The highest BCUT2D eigenvalue weighted by atomic mass is 127. The molecule has 0 heterocycles. The van der Waals surface area contributed by atoms with Gasteiger partial charge in [0.1, 0.15) is 0 Å². The largest absolute Gasteiger partial charge is 0.0991 e. The fourth-order valence-corrected chi connectivity index (χ4v) is 2.25. The lowest BCUT2D eigenvalue weighted by Gasteiger charge is -2.04. The van der Waals surface area contributed by atoms with E-state index in [1.54, 1.807) is 6.08 Å². The molecular formula is C14H11I. The van der Waals surface area contributed by atoms with Crippen LogP contribution in [0.5, 0.6) is 0 Å². The van der Waals surface area contributed by atoms with Gasteiger partial charge >= 0.3 is 0 Å². The van der Waals surface area contributed by atoms with E-state index in [4.69, 9.17) is 0 Å². The van der Waals surface area contributed by atoms with Gasteiger partial charge in [-0.3, -0.25) is 0 Å². The monoisotopic (exact) mass is 306 g/mol. The molecule has 0 aliphatic heterocycles. The van der Waals surface area contributed by atoms with E-state index in [-0.39, 0.29) is 0 Å². The summed E-state index contributed by atoms with van der Waals surface area (Å²) in [5.41, 5.74) is 1.27. The van der Waals surface area contributed by atoms with Gasteiger partial charge in [0.2, 0.25) is 0 Å². The molecule has 0 saturated carbocycles. The minimum absolute atomic E-state index is 1.27. The van der Waals surface area contributed by atoms with Gasteiger partial charge in [-0.25, -0.2) is 0 Å². The summed E-state index contributed by atoms with van der Waals surface area (Å²) in [6.07, 6.45) is 5.89. The van der Waals surface area contributed by atoms with Gasteiger partial charge in [0.05, 0.1) is 0 Å². The molecule has 0 aliphatic carbocycles. The van der Waals surface area contributed by atoms with Crippen LogP contribution in [0.2, 0.25) is 0 Å². The van der Waals surface area contributed by atoms with Crippen LogP contribution in [0.1, 0.15) is 5.56 Å². The van der Waals surface area contributed by atoms with Crippen LogP contribution in [0, 0.1) is 3.57 Å². The summed E-state index contributed by atoms with van der Waals surface area (Å²) < 4.78 is 1.27. The molecule has 0 radical (unpaired) electrons. The van der Waals surface area contributed by atoms with E-state index in [0.717, 1.165) is 0 Å². The standard InChI is InChI=1S/C14H11I/c1-2-3-7-13-12-8-5-4-6-11(12)9-10-14(13)15/h2-10H,1H2/b7-3-. The third kappa shape index (κ3) is 2.12. The number of rotatable bonds is 2. The van der Waals surface area contributed by atoms with Crippen LogP contribution >= 0.6 is 22.6 Å². The average molecular weight is 306 g/mol. The predicted molar refractivity (Wildman–Crippen MR) is 75.9 cm³/mol. The van der Waals surface area contributed by atoms with Crippen molar-refractivity contribution in [2.75, 3.05) is 0 Å². The molecule has 0 aliphatic rings. The molecule has 15 heavy (non-hydrogen) atoms. The molecule has 0 spiro atoms. The summed E-state index contributed by atoms with van der Waals surface area (Å²) in [6, 6.07) is 12.7. The Balaban J connectivity index is 2.73. The van der Waals surface area contributed by atoms with E-state index in [9.17, 15) is 0 Å². The molecule has 0 aromatic heterocycles. The Morgan fingerprint density at radius 3 is 2.67 bits per heavy atom. The molecule has 0 saturated heterocycles. The molecule has 0 atom stereocenters. The van der Waals surface area contributed by atoms with Crippen LogP contribution in [-0.2, 0) is 0 Å². The summed E-state index contributed by atoms with van der Waals surface area (Å²) in [5, 5.41) is 2.57. The van der Waals surface area contributed by atoms with Gasteiger partial charge in [0.25, 0.3) is 0 Å². The summed E-state index contributed by atoms with van der Waals surface area (Å²) in [6.45, 7) is 3.70. The number of hydrogen-bond acceptors (Lipinski definition) is 0. The number of benzene rings is 2. The molecule has 0 amide bonds. The van der Waals surface area contributed by atoms with E-state index in [2.05, 4.69) is 71.6 Å². The smallest absolute Gasteiger partial charge is 0.0209 e. The molecule has 1 heteroatoms. The van der Waals surface area contributed by atoms with E-state index in [1.165, 1.54) is 19.9 Å². The van der Waals surface area contributed by atoms with Crippen LogP contribution in [0.3, 0.4) is 0 Å². The second kappa shape index (κ2) is 4.62. The molecular weight excluding hydrogens is 295 g/mol. The maximum atomic E-state index is 3.70. The Labute approximate surface area is 103 Å². The Hall–Kier alpha value is -1.09. The Bertz CT molecular complexity index is 524.